The summed E-state index contributed by atoms with van der Waals surface area (Å²) in [5.41, 5.74) is 0.946. The molecule has 90 valence electrons. The van der Waals surface area contributed by atoms with Gasteiger partial charge in [0, 0.05) is 23.4 Å². The first-order valence-corrected chi connectivity index (χ1v) is 7.91. The molecule has 1 N–H and O–H groups in total. The smallest absolute Gasteiger partial charge is 0.242 e. The van der Waals surface area contributed by atoms with Gasteiger partial charge in [0.2, 0.25) is 10.0 Å². The Bertz CT molecular complexity index is 597. The third-order valence-electron chi connectivity index (χ3n) is 2.04. The number of hydrogen-bond donors (Lipinski definition) is 1. The largest absolute Gasteiger partial charge is 0.262 e. The van der Waals surface area contributed by atoms with Crippen LogP contribution in [0, 0.1) is 0 Å². The number of pyridine rings is 1. The standard InChI is InChI=1S/C10H9BrN2O2S2/c11-9-3-10(6-12-5-9)17(14,15)13-4-8-1-2-16-7-8/h1-3,5-7,13H,4H2. The van der Waals surface area contributed by atoms with E-state index in [9.17, 15) is 8.42 Å². The third-order valence-corrected chi connectivity index (χ3v) is 4.57. The van der Waals surface area contributed by atoms with E-state index in [-0.39, 0.29) is 4.90 Å². The predicted octanol–water partition coefficient (Wildman–Crippen LogP) is 2.38. The van der Waals surface area contributed by atoms with Crippen LogP contribution in [0.1, 0.15) is 5.56 Å². The van der Waals surface area contributed by atoms with Crippen LogP contribution in [0.15, 0.2) is 44.7 Å². The molecule has 0 aliphatic rings. The molecular formula is C10H9BrN2O2S2. The van der Waals surface area contributed by atoms with Gasteiger partial charge in [-0.1, -0.05) is 0 Å². The van der Waals surface area contributed by atoms with E-state index in [1.165, 1.54) is 29.8 Å². The fourth-order valence-electron chi connectivity index (χ4n) is 1.19. The highest BCUT2D eigenvalue weighted by Crippen LogP contribution is 2.14. The quantitative estimate of drug-likeness (QED) is 0.935. The summed E-state index contributed by atoms with van der Waals surface area (Å²) in [5.74, 6) is 0. The van der Waals surface area contributed by atoms with Crippen molar-refractivity contribution in [2.45, 2.75) is 11.4 Å². The number of halogens is 1. The normalized spacial score (nSPS) is 11.6. The molecule has 17 heavy (non-hydrogen) atoms. The van der Waals surface area contributed by atoms with Crippen molar-refractivity contribution in [1.82, 2.24) is 9.71 Å². The second-order valence-corrected chi connectivity index (χ2v) is 6.76. The van der Waals surface area contributed by atoms with Crippen molar-refractivity contribution >= 4 is 37.3 Å². The van der Waals surface area contributed by atoms with E-state index in [0.717, 1.165) is 5.56 Å². The lowest BCUT2D eigenvalue weighted by atomic mass is 10.4. The predicted molar refractivity (Wildman–Crippen MR) is 70.3 cm³/mol. The first kappa shape index (κ1) is 12.7. The van der Waals surface area contributed by atoms with Gasteiger partial charge in [0.05, 0.1) is 0 Å². The van der Waals surface area contributed by atoms with Gasteiger partial charge in [-0.05, 0) is 44.4 Å². The summed E-state index contributed by atoms with van der Waals surface area (Å²) in [5, 5.41) is 3.81. The number of hydrogen-bond acceptors (Lipinski definition) is 4. The fourth-order valence-corrected chi connectivity index (χ4v) is 3.38. The number of nitrogens with zero attached hydrogens (tertiary/aromatic N) is 1. The van der Waals surface area contributed by atoms with Crippen LogP contribution >= 0.6 is 27.3 Å². The minimum absolute atomic E-state index is 0.155. The van der Waals surface area contributed by atoms with E-state index in [0.29, 0.717) is 11.0 Å². The van der Waals surface area contributed by atoms with E-state index in [2.05, 4.69) is 25.6 Å². The number of thiophene rings is 1. The third kappa shape index (κ3) is 3.35. The van der Waals surface area contributed by atoms with Gasteiger partial charge in [-0.25, -0.2) is 13.1 Å². The summed E-state index contributed by atoms with van der Waals surface area (Å²) in [6.07, 6.45) is 2.86. The van der Waals surface area contributed by atoms with Crippen LogP contribution in [0.4, 0.5) is 0 Å². The summed E-state index contributed by atoms with van der Waals surface area (Å²) >= 11 is 4.73. The van der Waals surface area contributed by atoms with E-state index < -0.39 is 10.0 Å². The van der Waals surface area contributed by atoms with Crippen molar-refractivity contribution in [2.24, 2.45) is 0 Å². The van der Waals surface area contributed by atoms with Crippen LogP contribution in [-0.2, 0) is 16.6 Å². The highest BCUT2D eigenvalue weighted by molar-refractivity contribution is 9.10. The topological polar surface area (TPSA) is 59.1 Å². The molecule has 0 saturated heterocycles. The average molecular weight is 333 g/mol. The maximum absolute atomic E-state index is 11.9. The maximum Gasteiger partial charge on any atom is 0.242 e. The molecule has 2 heterocycles. The van der Waals surface area contributed by atoms with Gasteiger partial charge in [-0.15, -0.1) is 0 Å². The Hall–Kier alpha value is -0.760. The van der Waals surface area contributed by atoms with Gasteiger partial charge < -0.3 is 0 Å². The van der Waals surface area contributed by atoms with Crippen LogP contribution < -0.4 is 4.72 Å². The summed E-state index contributed by atoms with van der Waals surface area (Å²) in [7, 11) is -3.50. The Morgan fingerprint density at radius 1 is 1.41 bits per heavy atom. The Labute approximate surface area is 112 Å². The molecule has 0 atom stereocenters. The molecule has 0 aliphatic heterocycles. The minimum Gasteiger partial charge on any atom is -0.262 e. The molecule has 0 radical (unpaired) electrons. The maximum atomic E-state index is 11.9. The summed E-state index contributed by atoms with van der Waals surface area (Å²) < 4.78 is 27.0. The zero-order valence-corrected chi connectivity index (χ0v) is 11.8. The lowest BCUT2D eigenvalue weighted by Crippen LogP contribution is -2.23. The molecule has 0 spiro atoms. The first-order chi connectivity index (χ1) is 8.08. The van der Waals surface area contributed by atoms with Crippen LogP contribution in [0.25, 0.3) is 0 Å². The van der Waals surface area contributed by atoms with Crippen LogP contribution in [0.5, 0.6) is 0 Å². The fraction of sp³-hybridized carbons (Fsp3) is 0.100. The van der Waals surface area contributed by atoms with Gasteiger partial charge in [-0.2, -0.15) is 11.3 Å². The van der Waals surface area contributed by atoms with E-state index in [1.807, 2.05) is 16.8 Å². The van der Waals surface area contributed by atoms with Gasteiger partial charge in [-0.3, -0.25) is 4.98 Å². The minimum atomic E-state index is -3.50. The summed E-state index contributed by atoms with van der Waals surface area (Å²) in [6.45, 7) is 0.290. The van der Waals surface area contributed by atoms with E-state index in [1.54, 1.807) is 0 Å². The highest BCUT2D eigenvalue weighted by atomic mass is 79.9. The molecule has 0 saturated carbocycles. The highest BCUT2D eigenvalue weighted by Gasteiger charge is 2.14. The summed E-state index contributed by atoms with van der Waals surface area (Å²) in [6, 6.07) is 3.40. The van der Waals surface area contributed by atoms with Gasteiger partial charge in [0.1, 0.15) is 4.90 Å². The van der Waals surface area contributed by atoms with Gasteiger partial charge >= 0.3 is 0 Å². The number of sulfonamides is 1. The molecular weight excluding hydrogens is 324 g/mol. The monoisotopic (exact) mass is 332 g/mol. The first-order valence-electron chi connectivity index (χ1n) is 4.69. The molecule has 2 aromatic heterocycles. The molecule has 0 aliphatic carbocycles. The lowest BCUT2D eigenvalue weighted by Gasteiger charge is -2.05. The Balaban J connectivity index is 2.14. The average Bonchev–Trinajstić information content (AvgIpc) is 2.79. The molecule has 0 amide bonds. The molecule has 0 unspecified atom stereocenters. The Morgan fingerprint density at radius 3 is 2.88 bits per heavy atom. The van der Waals surface area contributed by atoms with E-state index >= 15 is 0 Å². The number of aromatic nitrogens is 1. The lowest BCUT2D eigenvalue weighted by molar-refractivity contribution is 0.581. The van der Waals surface area contributed by atoms with Crippen molar-refractivity contribution < 1.29 is 8.42 Å². The van der Waals surface area contributed by atoms with Gasteiger partial charge in [0.15, 0.2) is 0 Å². The Morgan fingerprint density at radius 2 is 2.24 bits per heavy atom. The molecule has 2 rings (SSSR count). The second kappa shape index (κ2) is 5.26. The van der Waals surface area contributed by atoms with Crippen LogP contribution in [0.3, 0.4) is 0 Å². The molecule has 7 heteroatoms. The van der Waals surface area contributed by atoms with Crippen molar-refractivity contribution in [3.8, 4) is 0 Å². The molecule has 4 nitrogen and oxygen atoms in total. The van der Waals surface area contributed by atoms with Crippen LogP contribution in [-0.4, -0.2) is 13.4 Å². The molecule has 0 fully saturated rings. The number of nitrogens with one attached hydrogen (secondary N) is 1. The van der Waals surface area contributed by atoms with Crippen molar-refractivity contribution in [3.05, 3.63) is 45.3 Å². The van der Waals surface area contributed by atoms with Crippen molar-refractivity contribution in [2.75, 3.05) is 0 Å². The van der Waals surface area contributed by atoms with Crippen molar-refractivity contribution in [1.29, 1.82) is 0 Å². The Kier molecular flexibility index (Phi) is 3.93. The zero-order valence-electron chi connectivity index (χ0n) is 8.63. The molecule has 0 aromatic carbocycles. The second-order valence-electron chi connectivity index (χ2n) is 3.30. The van der Waals surface area contributed by atoms with E-state index in [4.69, 9.17) is 0 Å². The SMILES string of the molecule is O=S(=O)(NCc1ccsc1)c1cncc(Br)c1. The summed E-state index contributed by atoms with van der Waals surface area (Å²) in [4.78, 5) is 3.99. The molecule has 0 bridgehead atoms. The number of rotatable bonds is 4. The van der Waals surface area contributed by atoms with Gasteiger partial charge in [0.25, 0.3) is 0 Å². The van der Waals surface area contributed by atoms with Crippen molar-refractivity contribution in [3.63, 3.8) is 0 Å². The van der Waals surface area contributed by atoms with Crippen LogP contribution in [0.2, 0.25) is 0 Å². The zero-order chi connectivity index (χ0) is 12.3. The molecule has 2 aromatic rings.